The first-order chi connectivity index (χ1) is 9.78. The van der Waals surface area contributed by atoms with Gasteiger partial charge in [0.15, 0.2) is 5.82 Å². The number of unbranched alkanes of at least 4 members (excludes halogenated alkanes) is 1. The van der Waals surface area contributed by atoms with Crippen LogP contribution >= 0.6 is 0 Å². The molecule has 0 unspecified atom stereocenters. The van der Waals surface area contributed by atoms with Crippen molar-refractivity contribution < 1.29 is 4.79 Å². The molecule has 0 saturated heterocycles. The minimum absolute atomic E-state index is 0.221. The van der Waals surface area contributed by atoms with Gasteiger partial charge in [-0.3, -0.25) is 15.0 Å². The largest absolute Gasteiger partial charge is 0.338 e. The van der Waals surface area contributed by atoms with Crippen LogP contribution in [0.25, 0.3) is 0 Å². The Balaban J connectivity index is 1.84. The number of anilines is 1. The molecule has 20 heavy (non-hydrogen) atoms. The quantitative estimate of drug-likeness (QED) is 0.793. The number of carbonyl (C=O) groups excluding carboxylic acids is 1. The highest BCUT2D eigenvalue weighted by molar-refractivity contribution is 5.88. The summed E-state index contributed by atoms with van der Waals surface area (Å²) in [4.78, 5) is 15.8. The third kappa shape index (κ3) is 4.38. The number of hydrogen-bond acceptors (Lipinski definition) is 3. The summed E-state index contributed by atoms with van der Waals surface area (Å²) in [6.45, 7) is 3.34. The van der Waals surface area contributed by atoms with E-state index in [0.717, 1.165) is 18.5 Å². The Morgan fingerprint density at radius 1 is 1.35 bits per heavy atom. The lowest BCUT2D eigenvalue weighted by atomic mass is 10.3. The molecule has 2 heterocycles. The van der Waals surface area contributed by atoms with E-state index >= 15 is 0 Å². The zero-order valence-corrected chi connectivity index (χ0v) is 11.5. The van der Waals surface area contributed by atoms with Crippen molar-refractivity contribution in [3.8, 4) is 0 Å². The summed E-state index contributed by atoms with van der Waals surface area (Å²) in [6, 6.07) is 7.29. The van der Waals surface area contributed by atoms with E-state index in [9.17, 15) is 4.79 Å². The maximum atomic E-state index is 11.6. The van der Waals surface area contributed by atoms with Crippen molar-refractivity contribution in [1.29, 1.82) is 0 Å². The SMILES string of the molecule is CCCCNC(=O)Nc1ccn(Cc2ccccn2)n1. The molecule has 2 aromatic heterocycles. The predicted molar refractivity (Wildman–Crippen MR) is 77.5 cm³/mol. The second-order valence-corrected chi connectivity index (χ2v) is 4.45. The molecule has 6 heteroatoms. The number of nitrogens with one attached hydrogen (secondary N) is 2. The average Bonchev–Trinajstić information content (AvgIpc) is 2.87. The van der Waals surface area contributed by atoms with E-state index in [0.29, 0.717) is 18.9 Å². The highest BCUT2D eigenvalue weighted by atomic mass is 16.2. The van der Waals surface area contributed by atoms with Gasteiger partial charge in [-0.1, -0.05) is 19.4 Å². The molecular weight excluding hydrogens is 254 g/mol. The first kappa shape index (κ1) is 14.0. The van der Waals surface area contributed by atoms with Crippen LogP contribution < -0.4 is 10.6 Å². The first-order valence-corrected chi connectivity index (χ1v) is 6.76. The van der Waals surface area contributed by atoms with Crippen molar-refractivity contribution in [1.82, 2.24) is 20.1 Å². The summed E-state index contributed by atoms with van der Waals surface area (Å²) in [7, 11) is 0. The second-order valence-electron chi connectivity index (χ2n) is 4.45. The highest BCUT2D eigenvalue weighted by Crippen LogP contribution is 2.04. The van der Waals surface area contributed by atoms with Crippen molar-refractivity contribution in [2.24, 2.45) is 0 Å². The standard InChI is InChI=1S/C14H19N5O/c1-2-3-8-16-14(20)17-13-7-10-19(18-13)11-12-6-4-5-9-15-12/h4-7,9-10H,2-3,8,11H2,1H3,(H2,16,17,18,20). The molecule has 0 saturated carbocycles. The molecular formula is C14H19N5O. The minimum Gasteiger partial charge on any atom is -0.338 e. The van der Waals surface area contributed by atoms with E-state index in [-0.39, 0.29) is 6.03 Å². The smallest absolute Gasteiger partial charge is 0.320 e. The Hall–Kier alpha value is -2.37. The molecule has 2 aromatic rings. The summed E-state index contributed by atoms with van der Waals surface area (Å²) >= 11 is 0. The zero-order valence-electron chi connectivity index (χ0n) is 11.5. The Bertz CT molecular complexity index is 538. The minimum atomic E-state index is -0.221. The number of urea groups is 1. The number of carbonyl (C=O) groups is 1. The van der Waals surface area contributed by atoms with Gasteiger partial charge in [-0.15, -0.1) is 0 Å². The molecule has 0 atom stereocenters. The monoisotopic (exact) mass is 273 g/mol. The highest BCUT2D eigenvalue weighted by Gasteiger charge is 2.04. The van der Waals surface area contributed by atoms with Crippen LogP contribution in [-0.4, -0.2) is 27.3 Å². The summed E-state index contributed by atoms with van der Waals surface area (Å²) in [5.41, 5.74) is 0.926. The normalized spacial score (nSPS) is 10.2. The van der Waals surface area contributed by atoms with Crippen molar-refractivity contribution >= 4 is 11.8 Å². The number of aromatic nitrogens is 3. The van der Waals surface area contributed by atoms with Crippen LogP contribution in [0.3, 0.4) is 0 Å². The van der Waals surface area contributed by atoms with Crippen molar-refractivity contribution in [2.75, 3.05) is 11.9 Å². The summed E-state index contributed by atoms with van der Waals surface area (Å²) < 4.78 is 1.74. The van der Waals surface area contributed by atoms with E-state index < -0.39 is 0 Å². The van der Waals surface area contributed by atoms with Crippen molar-refractivity contribution in [3.05, 3.63) is 42.4 Å². The molecule has 0 aromatic carbocycles. The van der Waals surface area contributed by atoms with Crippen LogP contribution in [0.2, 0.25) is 0 Å². The number of hydrogen-bond donors (Lipinski definition) is 2. The van der Waals surface area contributed by atoms with E-state index in [2.05, 4.69) is 27.6 Å². The fourth-order valence-electron chi connectivity index (χ4n) is 1.71. The Kier molecular flexibility index (Phi) is 5.11. The van der Waals surface area contributed by atoms with Crippen LogP contribution in [0, 0.1) is 0 Å². The predicted octanol–water partition coefficient (Wildman–Crippen LogP) is 2.25. The van der Waals surface area contributed by atoms with Gasteiger partial charge in [-0.05, 0) is 18.6 Å². The number of nitrogens with zero attached hydrogens (tertiary/aromatic N) is 3. The van der Waals surface area contributed by atoms with Crippen LogP contribution in [0.4, 0.5) is 10.6 Å². The molecule has 2 rings (SSSR count). The molecule has 0 aliphatic rings. The number of amides is 2. The zero-order chi connectivity index (χ0) is 14.2. The van der Waals surface area contributed by atoms with Gasteiger partial charge in [-0.25, -0.2) is 4.79 Å². The average molecular weight is 273 g/mol. The lowest BCUT2D eigenvalue weighted by Gasteiger charge is -2.04. The Morgan fingerprint density at radius 3 is 3.00 bits per heavy atom. The molecule has 0 radical (unpaired) electrons. The molecule has 2 N–H and O–H groups in total. The van der Waals surface area contributed by atoms with Gasteiger partial charge >= 0.3 is 6.03 Å². The second kappa shape index (κ2) is 7.28. The summed E-state index contributed by atoms with van der Waals surface area (Å²) in [5, 5.41) is 9.76. The molecule has 0 bridgehead atoms. The molecule has 2 amide bonds. The fourth-order valence-corrected chi connectivity index (χ4v) is 1.71. The maximum Gasteiger partial charge on any atom is 0.320 e. The molecule has 0 aliphatic carbocycles. The lowest BCUT2D eigenvalue weighted by molar-refractivity contribution is 0.252. The fraction of sp³-hybridized carbons (Fsp3) is 0.357. The lowest BCUT2D eigenvalue weighted by Crippen LogP contribution is -2.29. The number of pyridine rings is 1. The topological polar surface area (TPSA) is 71.8 Å². The van der Waals surface area contributed by atoms with Crippen LogP contribution in [0.15, 0.2) is 36.7 Å². The Labute approximate surface area is 118 Å². The molecule has 0 aliphatic heterocycles. The van der Waals surface area contributed by atoms with Gasteiger partial charge in [-0.2, -0.15) is 5.10 Å². The molecule has 0 spiro atoms. The third-order valence-electron chi connectivity index (χ3n) is 2.75. The Morgan fingerprint density at radius 2 is 2.25 bits per heavy atom. The molecule has 6 nitrogen and oxygen atoms in total. The third-order valence-corrected chi connectivity index (χ3v) is 2.75. The van der Waals surface area contributed by atoms with Crippen LogP contribution in [0.5, 0.6) is 0 Å². The van der Waals surface area contributed by atoms with Gasteiger partial charge in [0.1, 0.15) is 0 Å². The summed E-state index contributed by atoms with van der Waals surface area (Å²) in [6.07, 6.45) is 5.59. The van der Waals surface area contributed by atoms with Gasteiger partial charge in [0.05, 0.1) is 12.2 Å². The van der Waals surface area contributed by atoms with E-state index in [1.807, 2.05) is 24.4 Å². The van der Waals surface area contributed by atoms with E-state index in [4.69, 9.17) is 0 Å². The maximum absolute atomic E-state index is 11.6. The van der Waals surface area contributed by atoms with Gasteiger partial charge < -0.3 is 5.32 Å². The van der Waals surface area contributed by atoms with Crippen LogP contribution in [0.1, 0.15) is 25.5 Å². The molecule has 0 fully saturated rings. The van der Waals surface area contributed by atoms with E-state index in [1.54, 1.807) is 16.9 Å². The van der Waals surface area contributed by atoms with Gasteiger partial charge in [0.2, 0.25) is 0 Å². The van der Waals surface area contributed by atoms with E-state index in [1.165, 1.54) is 0 Å². The van der Waals surface area contributed by atoms with Gasteiger partial charge in [0.25, 0.3) is 0 Å². The van der Waals surface area contributed by atoms with Crippen LogP contribution in [-0.2, 0) is 6.54 Å². The van der Waals surface area contributed by atoms with Crippen molar-refractivity contribution in [3.63, 3.8) is 0 Å². The van der Waals surface area contributed by atoms with Gasteiger partial charge in [0, 0.05) is 25.0 Å². The van der Waals surface area contributed by atoms with Crippen molar-refractivity contribution in [2.45, 2.75) is 26.3 Å². The molecule has 106 valence electrons. The summed E-state index contributed by atoms with van der Waals surface area (Å²) in [5.74, 6) is 0.537. The first-order valence-electron chi connectivity index (χ1n) is 6.76. The number of rotatable bonds is 6.